The first-order valence-corrected chi connectivity index (χ1v) is 11.8. The number of pyridine rings is 1. The van der Waals surface area contributed by atoms with E-state index in [1.54, 1.807) is 11.3 Å². The maximum absolute atomic E-state index is 13.4. The van der Waals surface area contributed by atoms with E-state index in [-0.39, 0.29) is 5.56 Å². The quantitative estimate of drug-likeness (QED) is 0.457. The van der Waals surface area contributed by atoms with Gasteiger partial charge in [0.2, 0.25) is 5.52 Å². The highest BCUT2D eigenvalue weighted by atomic mass is 32.1. The molecule has 2 aromatic carbocycles. The number of fused-ring (bicyclic) bond motifs is 2. The van der Waals surface area contributed by atoms with Gasteiger partial charge in [-0.05, 0) is 49.3 Å². The summed E-state index contributed by atoms with van der Waals surface area (Å²) in [7, 11) is 2.03. The monoisotopic (exact) mass is 440 g/mol. The molecule has 0 aliphatic carbocycles. The minimum Gasteiger partial charge on any atom is -0.343 e. The summed E-state index contributed by atoms with van der Waals surface area (Å²) in [4.78, 5) is 15.5. The van der Waals surface area contributed by atoms with Crippen molar-refractivity contribution in [1.29, 1.82) is 0 Å². The number of para-hydroxylation sites is 2. The van der Waals surface area contributed by atoms with Gasteiger partial charge in [-0.25, -0.2) is 0 Å². The molecule has 32 heavy (non-hydrogen) atoms. The number of benzene rings is 2. The molecule has 0 saturated carbocycles. The van der Waals surface area contributed by atoms with Gasteiger partial charge in [-0.1, -0.05) is 36.4 Å². The van der Waals surface area contributed by atoms with E-state index in [2.05, 4.69) is 83.3 Å². The molecule has 0 unspecified atom stereocenters. The molecule has 0 atom stereocenters. The van der Waals surface area contributed by atoms with Gasteiger partial charge < -0.3 is 4.90 Å². The van der Waals surface area contributed by atoms with Gasteiger partial charge in [0.15, 0.2) is 6.20 Å². The molecule has 4 aromatic rings. The third kappa shape index (κ3) is 3.30. The Balaban J connectivity index is 1.75. The number of nitrogens with zero attached hydrogens (tertiary/aromatic N) is 3. The molecule has 0 N–H and O–H groups in total. The molecular weight excluding hydrogens is 414 g/mol. The summed E-state index contributed by atoms with van der Waals surface area (Å²) < 4.78 is 5.87. The fraction of sp³-hybridized carbons (Fsp3) is 0.185. The van der Waals surface area contributed by atoms with Crippen molar-refractivity contribution < 1.29 is 4.57 Å². The van der Waals surface area contributed by atoms with Gasteiger partial charge in [-0.15, -0.1) is 11.3 Å². The average molecular weight is 441 g/mol. The maximum atomic E-state index is 13.4. The van der Waals surface area contributed by atoms with Crippen molar-refractivity contribution in [2.75, 3.05) is 11.9 Å². The fourth-order valence-corrected chi connectivity index (χ4v) is 5.63. The number of thiazole rings is 1. The second-order valence-electron chi connectivity index (χ2n) is 7.87. The minimum atomic E-state index is 0.0680. The molecule has 0 spiro atoms. The summed E-state index contributed by atoms with van der Waals surface area (Å²) in [5.74, 6) is 0. The highest BCUT2D eigenvalue weighted by molar-refractivity contribution is 7.07. The first-order valence-electron chi connectivity index (χ1n) is 11.0. The van der Waals surface area contributed by atoms with Crippen LogP contribution >= 0.6 is 11.3 Å². The van der Waals surface area contributed by atoms with Crippen molar-refractivity contribution >= 4 is 45.8 Å². The Bertz CT molecular complexity index is 1540. The molecule has 5 rings (SSSR count). The van der Waals surface area contributed by atoms with Crippen molar-refractivity contribution in [3.05, 3.63) is 97.5 Å². The zero-order valence-corrected chi connectivity index (χ0v) is 19.4. The van der Waals surface area contributed by atoms with Crippen LogP contribution in [0.15, 0.2) is 71.7 Å². The second kappa shape index (κ2) is 8.24. The summed E-state index contributed by atoms with van der Waals surface area (Å²) in [6.45, 7) is 5.74. The van der Waals surface area contributed by atoms with Crippen molar-refractivity contribution in [3.63, 3.8) is 0 Å². The van der Waals surface area contributed by atoms with Crippen LogP contribution in [0.1, 0.15) is 25.0 Å². The molecule has 5 heteroatoms. The third-order valence-corrected chi connectivity index (χ3v) is 7.25. The molecule has 1 aliphatic rings. The number of hydrogen-bond acceptors (Lipinski definition) is 3. The molecule has 2 aromatic heterocycles. The van der Waals surface area contributed by atoms with Gasteiger partial charge in [0, 0.05) is 31.4 Å². The van der Waals surface area contributed by atoms with Crippen molar-refractivity contribution in [2.45, 2.75) is 26.9 Å². The molecule has 4 nitrogen and oxygen atoms in total. The lowest BCUT2D eigenvalue weighted by Gasteiger charge is -2.25. The summed E-state index contributed by atoms with van der Waals surface area (Å²) in [5, 5.41) is 1.19. The van der Waals surface area contributed by atoms with Gasteiger partial charge in [0.1, 0.15) is 11.1 Å². The molecule has 160 valence electrons. The van der Waals surface area contributed by atoms with Crippen molar-refractivity contribution in [1.82, 2.24) is 4.57 Å². The van der Waals surface area contributed by atoms with E-state index >= 15 is 0 Å². The molecule has 3 heterocycles. The molecule has 0 saturated heterocycles. The number of rotatable bonds is 3. The number of hydrogen-bond donors (Lipinski definition) is 0. The summed E-state index contributed by atoms with van der Waals surface area (Å²) in [6, 6.07) is 18.9. The Labute approximate surface area is 191 Å². The van der Waals surface area contributed by atoms with Crippen LogP contribution in [-0.2, 0) is 13.1 Å². The predicted octanol–water partition coefficient (Wildman–Crippen LogP) is 3.49. The molecule has 0 amide bonds. The number of anilines is 1. The average Bonchev–Trinajstić information content (AvgIpc) is 3.14. The maximum Gasteiger partial charge on any atom is 0.271 e. The standard InChI is InChI=1S/C27H26N3OS/c1-4-29-17-16-20(21-11-7-9-13-23(21)29)18-25-30(5-2)27(31)26(32-25)24-15-14-19-10-6-8-12-22(19)28(24)3/h6-18H,4-5H2,1-3H3/q+1. The van der Waals surface area contributed by atoms with Crippen molar-refractivity contribution in [3.8, 4) is 0 Å². The van der Waals surface area contributed by atoms with E-state index in [0.717, 1.165) is 38.3 Å². The van der Waals surface area contributed by atoms with Crippen LogP contribution < -0.4 is 24.2 Å². The van der Waals surface area contributed by atoms with E-state index in [1.807, 2.05) is 30.7 Å². The van der Waals surface area contributed by atoms with Crippen LogP contribution in [0.3, 0.4) is 0 Å². The smallest absolute Gasteiger partial charge is 0.271 e. The van der Waals surface area contributed by atoms with Gasteiger partial charge in [-0.2, -0.15) is 4.57 Å². The number of aromatic nitrogens is 2. The zero-order chi connectivity index (χ0) is 22.2. The topological polar surface area (TPSA) is 29.1 Å². The van der Waals surface area contributed by atoms with Crippen LogP contribution in [0.2, 0.25) is 0 Å². The molecule has 1 aliphatic heterocycles. The van der Waals surface area contributed by atoms with Crippen LogP contribution in [0, 0.1) is 0 Å². The van der Waals surface area contributed by atoms with E-state index in [0.29, 0.717) is 6.54 Å². The van der Waals surface area contributed by atoms with Crippen LogP contribution in [0.5, 0.6) is 0 Å². The highest BCUT2D eigenvalue weighted by Crippen LogP contribution is 2.29. The minimum absolute atomic E-state index is 0.0680. The summed E-state index contributed by atoms with van der Waals surface area (Å²) in [6.07, 6.45) is 8.43. The zero-order valence-electron chi connectivity index (χ0n) is 18.6. The molecule has 0 bridgehead atoms. The predicted molar refractivity (Wildman–Crippen MR) is 134 cm³/mol. The van der Waals surface area contributed by atoms with Gasteiger partial charge in [0.25, 0.3) is 5.56 Å². The Morgan fingerprint density at radius 3 is 2.59 bits per heavy atom. The second-order valence-corrected chi connectivity index (χ2v) is 8.90. The molecular formula is C27H26N3OS+. The van der Waals surface area contributed by atoms with E-state index in [1.165, 1.54) is 10.9 Å². The normalized spacial score (nSPS) is 15.5. The highest BCUT2D eigenvalue weighted by Gasteiger charge is 2.17. The lowest BCUT2D eigenvalue weighted by Crippen LogP contribution is -2.35. The van der Waals surface area contributed by atoms with Crippen molar-refractivity contribution in [2.24, 2.45) is 0 Å². The Morgan fingerprint density at radius 2 is 1.78 bits per heavy atom. The molecule has 0 fully saturated rings. The number of likely N-dealkylation sites (N-methyl/N-ethyl adjacent to an activating group) is 1. The van der Waals surface area contributed by atoms with Crippen LogP contribution in [-0.4, -0.2) is 11.6 Å². The third-order valence-electron chi connectivity index (χ3n) is 6.12. The first-order chi connectivity index (χ1) is 15.6. The Kier molecular flexibility index (Phi) is 5.27. The van der Waals surface area contributed by atoms with E-state index in [4.69, 9.17) is 0 Å². The molecule has 0 radical (unpaired) electrons. The van der Waals surface area contributed by atoms with Crippen LogP contribution in [0.4, 0.5) is 5.69 Å². The lowest BCUT2D eigenvalue weighted by molar-refractivity contribution is -0.667. The van der Waals surface area contributed by atoms with E-state index < -0.39 is 0 Å². The first kappa shape index (κ1) is 20.5. The number of aryl methyl sites for hydroxylation is 1. The largest absolute Gasteiger partial charge is 0.343 e. The fourth-order valence-electron chi connectivity index (χ4n) is 4.41. The summed E-state index contributed by atoms with van der Waals surface area (Å²) >= 11 is 1.57. The Hall–Kier alpha value is -3.44. The summed E-state index contributed by atoms with van der Waals surface area (Å²) in [5.41, 5.74) is 5.62. The van der Waals surface area contributed by atoms with Crippen LogP contribution in [0.25, 0.3) is 28.8 Å². The van der Waals surface area contributed by atoms with Gasteiger partial charge >= 0.3 is 0 Å². The van der Waals surface area contributed by atoms with Gasteiger partial charge in [0.05, 0.1) is 15.7 Å². The van der Waals surface area contributed by atoms with Gasteiger partial charge in [-0.3, -0.25) is 9.36 Å². The Morgan fingerprint density at radius 1 is 1.00 bits per heavy atom. The lowest BCUT2D eigenvalue weighted by atomic mass is 10.1. The SMILES string of the molecule is CCn1c(=Cc2cc[n+](CC)c3ccccc23)sc(=C2C=Cc3ccccc3N2C)c1=O. The van der Waals surface area contributed by atoms with E-state index in [9.17, 15) is 4.79 Å².